The summed E-state index contributed by atoms with van der Waals surface area (Å²) < 4.78 is 7.68. The minimum Gasteiger partial charge on any atom is -0.492 e. The molecule has 1 unspecified atom stereocenters. The molecule has 3 aliphatic heterocycles. The molecule has 3 saturated heterocycles. The van der Waals surface area contributed by atoms with Gasteiger partial charge in [0, 0.05) is 18.9 Å². The Morgan fingerprint density at radius 1 is 1.09 bits per heavy atom. The first-order chi connectivity index (χ1) is 16.9. The fourth-order valence-electron chi connectivity index (χ4n) is 5.66. The molecule has 1 amide bonds. The number of hydrogen-bond acceptors (Lipinski definition) is 4. The Bertz CT molecular complexity index is 1120. The quantitative estimate of drug-likeness (QED) is 0.501. The number of amides is 1. The molecule has 3 aliphatic rings. The van der Waals surface area contributed by atoms with Crippen LogP contribution < -0.4 is 4.74 Å². The Balaban J connectivity index is 1.27. The number of ether oxygens (including phenoxy) is 1. The van der Waals surface area contributed by atoms with E-state index in [1.165, 1.54) is 0 Å². The van der Waals surface area contributed by atoms with Gasteiger partial charge in [-0.3, -0.25) is 9.58 Å². The third-order valence-corrected chi connectivity index (χ3v) is 7.69. The summed E-state index contributed by atoms with van der Waals surface area (Å²) >= 11 is 0. The van der Waals surface area contributed by atoms with Gasteiger partial charge in [0.15, 0.2) is 0 Å². The highest BCUT2D eigenvalue weighted by molar-refractivity contribution is 5.68. The highest BCUT2D eigenvalue weighted by Crippen LogP contribution is 2.38. The maximum atomic E-state index is 12.4. The first-order valence-corrected chi connectivity index (χ1v) is 12.5. The van der Waals surface area contributed by atoms with Crippen LogP contribution in [0.25, 0.3) is 11.1 Å². The van der Waals surface area contributed by atoms with Crippen molar-refractivity contribution >= 4 is 6.09 Å². The average molecular weight is 475 g/mol. The maximum Gasteiger partial charge on any atom is 0.408 e. The molecule has 0 saturated carbocycles. The van der Waals surface area contributed by atoms with Gasteiger partial charge in [-0.25, -0.2) is 4.79 Å². The van der Waals surface area contributed by atoms with Gasteiger partial charge in [0.1, 0.15) is 12.4 Å². The summed E-state index contributed by atoms with van der Waals surface area (Å²) in [6.45, 7) is 8.36. The fraction of sp³-hybridized carbons (Fsp3) is 0.429. The van der Waals surface area contributed by atoms with Gasteiger partial charge in [0.25, 0.3) is 0 Å². The average Bonchev–Trinajstić information content (AvgIpc) is 3.39. The van der Waals surface area contributed by atoms with Crippen LogP contribution in [-0.2, 0) is 12.1 Å². The minimum atomic E-state index is -0.832. The molecule has 6 rings (SSSR count). The Morgan fingerprint density at radius 2 is 1.74 bits per heavy atom. The first-order valence-electron chi connectivity index (χ1n) is 12.5. The normalized spacial score (nSPS) is 21.6. The molecular weight excluding hydrogens is 440 g/mol. The van der Waals surface area contributed by atoms with Crippen LogP contribution in [0, 0.1) is 5.92 Å². The van der Waals surface area contributed by atoms with E-state index in [-0.39, 0.29) is 6.04 Å². The Kier molecular flexibility index (Phi) is 6.52. The van der Waals surface area contributed by atoms with E-state index in [9.17, 15) is 9.90 Å². The molecule has 1 aromatic heterocycles. The lowest BCUT2D eigenvalue weighted by Crippen LogP contribution is -2.62. The molecule has 2 aromatic carbocycles. The van der Waals surface area contributed by atoms with Crippen LogP contribution in [0.15, 0.2) is 67.0 Å². The molecule has 7 nitrogen and oxygen atoms in total. The monoisotopic (exact) mass is 474 g/mol. The topological polar surface area (TPSA) is 70.8 Å². The number of benzene rings is 2. The number of carbonyl (C=O) groups is 1. The minimum absolute atomic E-state index is 0.0468. The molecule has 184 valence electrons. The van der Waals surface area contributed by atoms with Crippen molar-refractivity contribution in [3.63, 3.8) is 0 Å². The molecule has 0 spiro atoms. The highest BCUT2D eigenvalue weighted by Gasteiger charge is 2.45. The second-order valence-corrected chi connectivity index (χ2v) is 10.1. The van der Waals surface area contributed by atoms with Crippen LogP contribution in [0.2, 0.25) is 0 Å². The van der Waals surface area contributed by atoms with E-state index in [1.807, 2.05) is 42.9 Å². The van der Waals surface area contributed by atoms with Crippen LogP contribution in [0.4, 0.5) is 4.79 Å². The summed E-state index contributed by atoms with van der Waals surface area (Å²) in [5.74, 6) is 1.28. The second kappa shape index (κ2) is 9.74. The zero-order chi connectivity index (χ0) is 24.4. The number of rotatable bonds is 8. The Hall–Kier alpha value is -3.32. The molecule has 3 aromatic rings. The highest BCUT2D eigenvalue weighted by atomic mass is 16.5. The molecule has 7 heteroatoms. The SMILES string of the molecule is CC(C)(c1ccc(-c2ccc(OCCn3cccn3)cc2)cc1)N(C(=O)O)C1CN2CCC1CC2. The van der Waals surface area contributed by atoms with E-state index in [0.29, 0.717) is 19.1 Å². The van der Waals surface area contributed by atoms with Crippen molar-refractivity contribution in [2.24, 2.45) is 5.92 Å². The molecule has 35 heavy (non-hydrogen) atoms. The number of piperidine rings is 3. The number of carboxylic acid groups (broad SMARTS) is 1. The van der Waals surface area contributed by atoms with Crippen LogP contribution in [-0.4, -0.2) is 63.1 Å². The Labute approximate surface area is 206 Å². The zero-order valence-corrected chi connectivity index (χ0v) is 20.5. The summed E-state index contributed by atoms with van der Waals surface area (Å²) in [4.78, 5) is 16.6. The predicted octanol–water partition coefficient (Wildman–Crippen LogP) is 4.94. The predicted molar refractivity (Wildman–Crippen MR) is 135 cm³/mol. The first kappa shape index (κ1) is 23.4. The van der Waals surface area contributed by atoms with Gasteiger partial charge in [-0.2, -0.15) is 5.10 Å². The standard InChI is InChI=1S/C28H34N4O3/c1-28(2,32(27(33)34)26-20-30-16-12-23(26)13-17-30)24-8-4-21(5-9-24)22-6-10-25(11-7-22)35-19-18-31-15-3-14-29-31/h3-11,14-15,23,26H,12-13,16-20H2,1-2H3,(H,33,34). The third kappa shape index (κ3) is 4.91. The van der Waals surface area contributed by atoms with E-state index in [0.717, 1.165) is 54.9 Å². The van der Waals surface area contributed by atoms with Gasteiger partial charge in [0.05, 0.1) is 18.1 Å². The van der Waals surface area contributed by atoms with Crippen molar-refractivity contribution in [2.75, 3.05) is 26.2 Å². The fourth-order valence-corrected chi connectivity index (χ4v) is 5.66. The second-order valence-electron chi connectivity index (χ2n) is 10.1. The van der Waals surface area contributed by atoms with Gasteiger partial charge < -0.3 is 14.7 Å². The van der Waals surface area contributed by atoms with E-state index < -0.39 is 11.6 Å². The van der Waals surface area contributed by atoms with Crippen LogP contribution in [0.5, 0.6) is 5.75 Å². The van der Waals surface area contributed by atoms with Gasteiger partial charge in [-0.05, 0) is 80.6 Å². The van der Waals surface area contributed by atoms with Crippen molar-refractivity contribution in [3.05, 3.63) is 72.6 Å². The molecule has 1 N–H and O–H groups in total. The van der Waals surface area contributed by atoms with E-state index in [1.54, 1.807) is 11.1 Å². The molecule has 2 bridgehead atoms. The maximum absolute atomic E-state index is 12.4. The van der Waals surface area contributed by atoms with Gasteiger partial charge >= 0.3 is 6.09 Å². The Morgan fingerprint density at radius 3 is 2.29 bits per heavy atom. The largest absolute Gasteiger partial charge is 0.492 e. The summed E-state index contributed by atoms with van der Waals surface area (Å²) in [5, 5.41) is 14.4. The van der Waals surface area contributed by atoms with Crippen LogP contribution in [0.1, 0.15) is 32.3 Å². The molecule has 0 aliphatic carbocycles. The number of hydrogen-bond donors (Lipinski definition) is 1. The summed E-state index contributed by atoms with van der Waals surface area (Å²) in [7, 11) is 0. The van der Waals surface area contributed by atoms with E-state index in [2.05, 4.69) is 46.4 Å². The molecule has 0 radical (unpaired) electrons. The lowest BCUT2D eigenvalue weighted by Gasteiger charge is -2.52. The van der Waals surface area contributed by atoms with Crippen molar-refractivity contribution in [2.45, 2.75) is 44.8 Å². The molecule has 1 atom stereocenters. The number of fused-ring (bicyclic) bond motifs is 3. The van der Waals surface area contributed by atoms with E-state index in [4.69, 9.17) is 4.74 Å². The van der Waals surface area contributed by atoms with Gasteiger partial charge in [-0.15, -0.1) is 0 Å². The van der Waals surface area contributed by atoms with Gasteiger partial charge in [-0.1, -0.05) is 36.4 Å². The third-order valence-electron chi connectivity index (χ3n) is 7.69. The van der Waals surface area contributed by atoms with Gasteiger partial charge in [0.2, 0.25) is 0 Å². The summed E-state index contributed by atoms with van der Waals surface area (Å²) in [6.07, 6.45) is 5.03. The number of nitrogens with zero attached hydrogens (tertiary/aromatic N) is 4. The van der Waals surface area contributed by atoms with Crippen molar-refractivity contribution in [3.8, 4) is 16.9 Å². The molecular formula is C28H34N4O3. The zero-order valence-electron chi connectivity index (χ0n) is 20.5. The van der Waals surface area contributed by atoms with Crippen LogP contribution >= 0.6 is 0 Å². The molecule has 3 fully saturated rings. The lowest BCUT2D eigenvalue weighted by molar-refractivity contribution is -0.0289. The van der Waals surface area contributed by atoms with Crippen molar-refractivity contribution in [1.82, 2.24) is 19.6 Å². The summed E-state index contributed by atoms with van der Waals surface area (Å²) in [5.41, 5.74) is 2.59. The number of aromatic nitrogens is 2. The lowest BCUT2D eigenvalue weighted by atomic mass is 9.80. The summed E-state index contributed by atoms with van der Waals surface area (Å²) in [6, 6.07) is 18.3. The molecule has 4 heterocycles. The smallest absolute Gasteiger partial charge is 0.408 e. The van der Waals surface area contributed by atoms with Crippen molar-refractivity contribution in [1.29, 1.82) is 0 Å². The van der Waals surface area contributed by atoms with E-state index >= 15 is 0 Å². The van der Waals surface area contributed by atoms with Crippen LogP contribution in [0.3, 0.4) is 0 Å². The van der Waals surface area contributed by atoms with Crippen molar-refractivity contribution < 1.29 is 14.6 Å².